The van der Waals surface area contributed by atoms with Gasteiger partial charge in [0.05, 0.1) is 24.1 Å². The Morgan fingerprint density at radius 3 is 2.83 bits per heavy atom. The van der Waals surface area contributed by atoms with Crippen molar-refractivity contribution in [2.24, 2.45) is 0 Å². The molecule has 0 spiro atoms. The number of carbonyl (C=O) groups is 1. The van der Waals surface area contributed by atoms with Gasteiger partial charge in [0.1, 0.15) is 17.6 Å². The Labute approximate surface area is 169 Å². The first-order chi connectivity index (χ1) is 14.5. The fraction of sp³-hybridized carbons (Fsp3) is 0.333. The first-order valence-electron chi connectivity index (χ1n) is 9.82. The van der Waals surface area contributed by atoms with E-state index in [2.05, 4.69) is 9.97 Å². The maximum absolute atomic E-state index is 13.6. The number of hydrogen-bond donors (Lipinski definition) is 1. The van der Waals surface area contributed by atoms with Gasteiger partial charge in [-0.3, -0.25) is 19.1 Å². The van der Waals surface area contributed by atoms with Crippen molar-refractivity contribution in [1.82, 2.24) is 19.4 Å². The summed E-state index contributed by atoms with van der Waals surface area (Å²) >= 11 is 0. The smallest absolute Gasteiger partial charge is 0.330 e. The highest BCUT2D eigenvalue weighted by Crippen LogP contribution is 2.34. The van der Waals surface area contributed by atoms with E-state index in [9.17, 15) is 18.8 Å². The molecule has 1 saturated carbocycles. The number of ether oxygens (including phenoxy) is 1. The van der Waals surface area contributed by atoms with Gasteiger partial charge in [-0.25, -0.2) is 14.2 Å². The van der Waals surface area contributed by atoms with Gasteiger partial charge in [-0.15, -0.1) is 0 Å². The fourth-order valence-electron chi connectivity index (χ4n) is 3.85. The van der Waals surface area contributed by atoms with Crippen LogP contribution in [0.4, 0.5) is 4.39 Å². The average molecular weight is 410 g/mol. The minimum absolute atomic E-state index is 0.0390. The van der Waals surface area contributed by atoms with Crippen LogP contribution < -0.4 is 11.2 Å². The summed E-state index contributed by atoms with van der Waals surface area (Å²) in [6.07, 6.45) is 2.68. The summed E-state index contributed by atoms with van der Waals surface area (Å²) in [5.41, 5.74) is 0.173. The van der Waals surface area contributed by atoms with Gasteiger partial charge in [0, 0.05) is 18.8 Å². The zero-order valence-corrected chi connectivity index (χ0v) is 16.0. The molecule has 5 rings (SSSR count). The molecule has 2 aliphatic rings. The van der Waals surface area contributed by atoms with Gasteiger partial charge in [-0.1, -0.05) is 12.1 Å². The van der Waals surface area contributed by atoms with Gasteiger partial charge < -0.3 is 9.64 Å². The number of benzene rings is 1. The molecule has 1 amide bonds. The van der Waals surface area contributed by atoms with Gasteiger partial charge >= 0.3 is 5.69 Å². The van der Waals surface area contributed by atoms with E-state index in [1.807, 2.05) is 0 Å². The van der Waals surface area contributed by atoms with E-state index in [1.54, 1.807) is 17.0 Å². The highest BCUT2D eigenvalue weighted by atomic mass is 19.1. The van der Waals surface area contributed by atoms with Crippen LogP contribution in [0.5, 0.6) is 0 Å². The minimum Gasteiger partial charge on any atom is -0.370 e. The van der Waals surface area contributed by atoms with Crippen LogP contribution >= 0.6 is 0 Å². The molecule has 1 atom stereocenters. The molecule has 8 nitrogen and oxygen atoms in total. The SMILES string of the molecule is O=C(c1cnc2c(c1)c(=O)[nH]c(=O)n2C1CC1)N1CCOC(c2cccc(F)c2)C1. The number of pyridine rings is 1. The predicted octanol–water partition coefficient (Wildman–Crippen LogP) is 1.77. The van der Waals surface area contributed by atoms with Crippen molar-refractivity contribution in [3.63, 3.8) is 0 Å². The number of aromatic amines is 1. The molecule has 0 bridgehead atoms. The van der Waals surface area contributed by atoms with Gasteiger partial charge in [-0.05, 0) is 36.6 Å². The van der Waals surface area contributed by atoms with Crippen molar-refractivity contribution in [3.8, 4) is 0 Å². The Balaban J connectivity index is 1.46. The number of nitrogens with zero attached hydrogens (tertiary/aromatic N) is 3. The molecule has 1 aromatic carbocycles. The number of nitrogens with one attached hydrogen (secondary N) is 1. The summed E-state index contributed by atoms with van der Waals surface area (Å²) in [5, 5.41) is 0.210. The largest absolute Gasteiger partial charge is 0.370 e. The number of H-pyrrole nitrogens is 1. The summed E-state index contributed by atoms with van der Waals surface area (Å²) in [6, 6.07) is 7.64. The summed E-state index contributed by atoms with van der Waals surface area (Å²) in [6.45, 7) is 0.953. The Morgan fingerprint density at radius 2 is 2.07 bits per heavy atom. The Hall–Kier alpha value is -3.33. The number of carbonyl (C=O) groups excluding carboxylic acids is 1. The number of fused-ring (bicyclic) bond motifs is 1. The first kappa shape index (κ1) is 18.7. The van der Waals surface area contributed by atoms with E-state index in [0.29, 0.717) is 24.4 Å². The third-order valence-electron chi connectivity index (χ3n) is 5.51. The number of amides is 1. The lowest BCUT2D eigenvalue weighted by atomic mass is 10.1. The average Bonchev–Trinajstić information content (AvgIpc) is 3.58. The second-order valence-electron chi connectivity index (χ2n) is 7.62. The summed E-state index contributed by atoms with van der Waals surface area (Å²) in [4.78, 5) is 45.7. The van der Waals surface area contributed by atoms with Gasteiger partial charge in [-0.2, -0.15) is 0 Å². The van der Waals surface area contributed by atoms with Crippen molar-refractivity contribution in [2.75, 3.05) is 19.7 Å². The molecule has 30 heavy (non-hydrogen) atoms. The van der Waals surface area contributed by atoms with E-state index in [-0.39, 0.29) is 35.3 Å². The Bertz CT molecular complexity index is 1260. The van der Waals surface area contributed by atoms with Crippen LogP contribution in [0.15, 0.2) is 46.1 Å². The maximum atomic E-state index is 13.6. The monoisotopic (exact) mass is 410 g/mol. The summed E-state index contributed by atoms with van der Waals surface area (Å²) in [5.74, 6) is -0.656. The predicted molar refractivity (Wildman–Crippen MR) is 106 cm³/mol. The van der Waals surface area contributed by atoms with Crippen molar-refractivity contribution in [2.45, 2.75) is 25.0 Å². The highest BCUT2D eigenvalue weighted by molar-refractivity contribution is 5.96. The minimum atomic E-state index is -0.561. The Kier molecular flexibility index (Phi) is 4.47. The third kappa shape index (κ3) is 3.30. The van der Waals surface area contributed by atoms with Crippen molar-refractivity contribution < 1.29 is 13.9 Å². The van der Waals surface area contributed by atoms with Crippen molar-refractivity contribution >= 4 is 16.9 Å². The second-order valence-corrected chi connectivity index (χ2v) is 7.62. The van der Waals surface area contributed by atoms with Crippen LogP contribution in [-0.4, -0.2) is 45.0 Å². The summed E-state index contributed by atoms with van der Waals surface area (Å²) in [7, 11) is 0. The second kappa shape index (κ2) is 7.17. The maximum Gasteiger partial charge on any atom is 0.330 e. The van der Waals surface area contributed by atoms with E-state index in [1.165, 1.54) is 29.0 Å². The van der Waals surface area contributed by atoms with Crippen LogP contribution in [0.25, 0.3) is 11.0 Å². The molecule has 2 aromatic heterocycles. The topological polar surface area (TPSA) is 97.3 Å². The molecule has 3 heterocycles. The molecule has 9 heteroatoms. The highest BCUT2D eigenvalue weighted by Gasteiger charge is 2.29. The standard InChI is InChI=1S/C21H19FN4O4/c22-14-3-1-2-12(8-14)17-11-25(6-7-30-17)20(28)13-9-16-18(23-10-13)26(15-4-5-15)21(29)24-19(16)27/h1-3,8-10,15,17H,4-7,11H2,(H,24,27,29). The Morgan fingerprint density at radius 1 is 1.23 bits per heavy atom. The van der Waals surface area contributed by atoms with Crippen LogP contribution in [0.2, 0.25) is 0 Å². The molecule has 1 N–H and O–H groups in total. The lowest BCUT2D eigenvalue weighted by Gasteiger charge is -2.33. The van der Waals surface area contributed by atoms with Crippen LogP contribution in [0.1, 0.15) is 40.9 Å². The van der Waals surface area contributed by atoms with Crippen LogP contribution in [-0.2, 0) is 4.74 Å². The van der Waals surface area contributed by atoms with E-state index < -0.39 is 17.4 Å². The van der Waals surface area contributed by atoms with E-state index >= 15 is 0 Å². The molecule has 1 aliphatic heterocycles. The zero-order chi connectivity index (χ0) is 20.8. The molecule has 3 aromatic rings. The van der Waals surface area contributed by atoms with E-state index in [4.69, 9.17) is 4.74 Å². The number of morpholine rings is 1. The molecule has 0 radical (unpaired) electrons. The molecule has 154 valence electrons. The molecule has 1 aliphatic carbocycles. The van der Waals surface area contributed by atoms with Gasteiger partial charge in [0.25, 0.3) is 11.5 Å². The molecular formula is C21H19FN4O4. The lowest BCUT2D eigenvalue weighted by molar-refractivity contribution is -0.0229. The number of hydrogen-bond acceptors (Lipinski definition) is 5. The fourth-order valence-corrected chi connectivity index (χ4v) is 3.85. The van der Waals surface area contributed by atoms with E-state index in [0.717, 1.165) is 12.8 Å². The molecule has 1 saturated heterocycles. The molecule has 2 fully saturated rings. The van der Waals surface area contributed by atoms with Crippen molar-refractivity contribution in [3.05, 3.63) is 74.3 Å². The quantitative estimate of drug-likeness (QED) is 0.710. The normalized spacial score (nSPS) is 19.2. The zero-order valence-electron chi connectivity index (χ0n) is 16.0. The lowest BCUT2D eigenvalue weighted by Crippen LogP contribution is -2.42. The third-order valence-corrected chi connectivity index (χ3v) is 5.51. The number of aromatic nitrogens is 3. The number of rotatable bonds is 3. The first-order valence-corrected chi connectivity index (χ1v) is 9.82. The number of halogens is 1. The van der Waals surface area contributed by atoms with Crippen LogP contribution in [0, 0.1) is 5.82 Å². The summed E-state index contributed by atoms with van der Waals surface area (Å²) < 4.78 is 20.8. The molecule has 1 unspecified atom stereocenters. The molecular weight excluding hydrogens is 391 g/mol. The van der Waals surface area contributed by atoms with Gasteiger partial charge in [0.15, 0.2) is 0 Å². The van der Waals surface area contributed by atoms with Gasteiger partial charge in [0.2, 0.25) is 0 Å². The van der Waals surface area contributed by atoms with Crippen molar-refractivity contribution in [1.29, 1.82) is 0 Å². The van der Waals surface area contributed by atoms with Crippen LogP contribution in [0.3, 0.4) is 0 Å².